The summed E-state index contributed by atoms with van der Waals surface area (Å²) in [6.07, 6.45) is 2.33. The van der Waals surface area contributed by atoms with Gasteiger partial charge in [0, 0.05) is 43.9 Å². The Labute approximate surface area is 380 Å². The number of ketones is 2. The monoisotopic (exact) mass is 921 g/mol. The number of cyclic esters (lactones) is 1. The van der Waals surface area contributed by atoms with E-state index in [9.17, 15) is 70.2 Å². The minimum absolute atomic E-state index is 0.208. The first-order chi connectivity index (χ1) is 30.6. The molecule has 0 amide bonds. The molecule has 0 aromatic rings. The van der Waals surface area contributed by atoms with Gasteiger partial charge in [0.25, 0.3) is 0 Å². The van der Waals surface area contributed by atoms with Gasteiger partial charge < -0.3 is 71.0 Å². The SMILES string of the molecule is CC1OC(O[C@H]2/C=C/C=C/C=C/C=C/C=C/C=C/C=C/[C@H](C)[C@@H](O)[C@@H](C)[C@H](C)OC(=O)C[C@H](O)CC(=O)CC(O)CCC(O)[C@H](O)CC(=O)C[C@H](O)[C@@H](C(=O)O)[C@@H](O)C2)C(O)C(N)C1O. The van der Waals surface area contributed by atoms with Gasteiger partial charge >= 0.3 is 11.9 Å². The maximum atomic E-state index is 12.9. The molecule has 1 fully saturated rings. The largest absolute Gasteiger partial charge is 0.481 e. The van der Waals surface area contributed by atoms with Crippen LogP contribution in [0.25, 0.3) is 0 Å². The van der Waals surface area contributed by atoms with E-state index >= 15 is 0 Å². The summed E-state index contributed by atoms with van der Waals surface area (Å²) >= 11 is 0. The zero-order chi connectivity index (χ0) is 48.8. The van der Waals surface area contributed by atoms with Crippen molar-refractivity contribution in [2.75, 3.05) is 0 Å². The Balaban J connectivity index is 2.29. The lowest BCUT2D eigenvalue weighted by atomic mass is 9.88. The molecular formula is C47H71NO17. The number of carboxylic acid groups (broad SMARTS) is 1. The number of Topliss-reactive ketones (excluding diaryl/α,β-unsaturated/α-hetero) is 2. The zero-order valence-electron chi connectivity index (χ0n) is 37.5. The molecule has 0 aliphatic carbocycles. The molecule has 2 rings (SSSR count). The summed E-state index contributed by atoms with van der Waals surface area (Å²) in [7, 11) is 0. The highest BCUT2D eigenvalue weighted by molar-refractivity contribution is 5.81. The Hall–Kier alpha value is -4.02. The molecule has 2 aliphatic rings. The Bertz CT molecular complexity index is 1690. The van der Waals surface area contributed by atoms with Gasteiger partial charge in [0.15, 0.2) is 6.29 Å². The molecule has 0 radical (unpaired) electrons. The van der Waals surface area contributed by atoms with E-state index in [1.807, 2.05) is 6.92 Å². The van der Waals surface area contributed by atoms with Gasteiger partial charge in [-0.15, -0.1) is 0 Å². The number of ether oxygens (including phenoxy) is 3. The summed E-state index contributed by atoms with van der Waals surface area (Å²) < 4.78 is 16.9. The van der Waals surface area contributed by atoms with E-state index in [1.54, 1.807) is 86.8 Å². The van der Waals surface area contributed by atoms with Crippen molar-refractivity contribution in [2.45, 2.75) is 165 Å². The van der Waals surface area contributed by atoms with Crippen LogP contribution in [0.5, 0.6) is 0 Å². The molecular weight excluding hydrogens is 851 g/mol. The first-order valence-corrected chi connectivity index (χ1v) is 22.0. The Kier molecular flexibility index (Phi) is 26.0. The van der Waals surface area contributed by atoms with Crippen LogP contribution in [0, 0.1) is 17.8 Å². The second-order valence-corrected chi connectivity index (χ2v) is 16.9. The standard InChI is InChI=1S/C47H71NO17/c1-27-17-15-13-11-9-7-5-6-8-10-12-14-16-18-35(65-47-45(60)42(48)44(59)30(4)64-47)26-39(56)41(46(61)62)38(55)24-34(52)23-37(54)36(53)20-19-31(49)21-32(50)22-33(51)25-40(57)63-29(3)28(2)43(27)58/h5-18,27-31,33,35-39,41-45,47,49,51,53-56,58-60H,19-26,48H2,1-4H3,(H,61,62)/b6-5+,9-7+,10-8+,13-11+,14-12+,17-15+,18-16+/t27-,28-,29-,30?,31?,33+,35-,36?,37+,38-,39-,41+,42?,43+,44?,45?,47?/m0/s1. The molecule has 65 heavy (non-hydrogen) atoms. The summed E-state index contributed by atoms with van der Waals surface area (Å²) in [5.41, 5.74) is 5.95. The quantitative estimate of drug-likeness (QED) is 0.174. The molecule has 2 heterocycles. The van der Waals surface area contributed by atoms with E-state index in [4.69, 9.17) is 19.9 Å². The van der Waals surface area contributed by atoms with Gasteiger partial charge in [-0.2, -0.15) is 0 Å². The third-order valence-corrected chi connectivity index (χ3v) is 11.3. The van der Waals surface area contributed by atoms with Crippen molar-refractivity contribution in [3.8, 4) is 0 Å². The van der Waals surface area contributed by atoms with E-state index in [0.29, 0.717) is 0 Å². The Morgan fingerprint density at radius 1 is 0.585 bits per heavy atom. The van der Waals surface area contributed by atoms with E-state index in [1.165, 1.54) is 19.1 Å². The highest BCUT2D eigenvalue weighted by Crippen LogP contribution is 2.26. The van der Waals surface area contributed by atoms with Gasteiger partial charge in [0.05, 0.1) is 73.5 Å². The predicted octanol–water partition coefficient (Wildman–Crippen LogP) is 0.763. The highest BCUT2D eigenvalue weighted by atomic mass is 16.7. The number of hydrogen-bond acceptors (Lipinski definition) is 17. The fraction of sp³-hybridized carbons (Fsp3) is 0.617. The minimum atomic E-state index is -1.97. The normalized spacial score (nSPS) is 41.6. The van der Waals surface area contributed by atoms with Crippen molar-refractivity contribution in [2.24, 2.45) is 23.5 Å². The number of esters is 1. The van der Waals surface area contributed by atoms with E-state index in [2.05, 4.69) is 0 Å². The summed E-state index contributed by atoms with van der Waals surface area (Å²) in [4.78, 5) is 50.3. The number of allylic oxidation sites excluding steroid dienone is 12. The third-order valence-electron chi connectivity index (χ3n) is 11.3. The topological polar surface area (TPSA) is 324 Å². The van der Waals surface area contributed by atoms with Crippen LogP contribution in [0.4, 0.5) is 0 Å². The Morgan fingerprint density at radius 3 is 1.66 bits per heavy atom. The van der Waals surface area contributed by atoms with Gasteiger partial charge in [-0.3, -0.25) is 19.2 Å². The molecule has 18 heteroatoms. The third kappa shape index (κ3) is 21.0. The number of aliphatic hydroxyl groups is 9. The second-order valence-electron chi connectivity index (χ2n) is 16.9. The minimum Gasteiger partial charge on any atom is -0.481 e. The molecule has 18 nitrogen and oxygen atoms in total. The van der Waals surface area contributed by atoms with Crippen molar-refractivity contribution in [1.82, 2.24) is 0 Å². The van der Waals surface area contributed by atoms with Crippen LogP contribution in [-0.2, 0) is 33.4 Å². The molecule has 0 aromatic heterocycles. The maximum Gasteiger partial charge on any atom is 0.311 e. The van der Waals surface area contributed by atoms with Crippen molar-refractivity contribution in [1.29, 1.82) is 0 Å². The average Bonchev–Trinajstić information content (AvgIpc) is 3.22. The van der Waals surface area contributed by atoms with E-state index in [-0.39, 0.29) is 18.8 Å². The van der Waals surface area contributed by atoms with Crippen molar-refractivity contribution >= 4 is 23.5 Å². The number of nitrogens with two attached hydrogens (primary N) is 1. The lowest BCUT2D eigenvalue weighted by molar-refractivity contribution is -0.277. The van der Waals surface area contributed by atoms with Crippen LogP contribution in [0.15, 0.2) is 85.1 Å². The lowest BCUT2D eigenvalue weighted by Crippen LogP contribution is -2.61. The van der Waals surface area contributed by atoms with E-state index in [0.717, 1.165) is 0 Å². The first-order valence-electron chi connectivity index (χ1n) is 22.0. The average molecular weight is 922 g/mol. The molecule has 0 saturated carbocycles. The van der Waals surface area contributed by atoms with Crippen molar-refractivity contribution in [3.63, 3.8) is 0 Å². The molecule has 0 aromatic carbocycles. The molecule has 2 aliphatic heterocycles. The van der Waals surface area contributed by atoms with Gasteiger partial charge in [0.2, 0.25) is 0 Å². The van der Waals surface area contributed by atoms with Crippen LogP contribution in [0.2, 0.25) is 0 Å². The van der Waals surface area contributed by atoms with Crippen LogP contribution in [-0.4, -0.2) is 160 Å². The first kappa shape index (κ1) is 57.1. The number of carbonyl (C=O) groups is 4. The molecule has 0 bridgehead atoms. The summed E-state index contributed by atoms with van der Waals surface area (Å²) in [6.45, 7) is 6.64. The summed E-state index contributed by atoms with van der Waals surface area (Å²) in [6, 6.07) is -1.16. The molecule has 7 unspecified atom stereocenters. The molecule has 0 spiro atoms. The molecule has 17 atom stereocenters. The Morgan fingerprint density at radius 2 is 1.09 bits per heavy atom. The number of carbonyl (C=O) groups excluding carboxylic acids is 3. The summed E-state index contributed by atoms with van der Waals surface area (Å²) in [5, 5.41) is 106. The van der Waals surface area contributed by atoms with Crippen molar-refractivity contribution < 1.29 is 84.5 Å². The molecule has 366 valence electrons. The smallest absolute Gasteiger partial charge is 0.311 e. The maximum absolute atomic E-state index is 12.9. The number of hydrogen-bond donors (Lipinski definition) is 11. The van der Waals surface area contributed by atoms with E-state index < -0.39 is 159 Å². The summed E-state index contributed by atoms with van der Waals surface area (Å²) in [5.74, 6) is -6.64. The fourth-order valence-electron chi connectivity index (χ4n) is 7.15. The number of carboxylic acids is 1. The fourth-order valence-corrected chi connectivity index (χ4v) is 7.15. The lowest BCUT2D eigenvalue weighted by Gasteiger charge is -2.41. The van der Waals surface area contributed by atoms with Gasteiger partial charge in [-0.25, -0.2) is 0 Å². The highest BCUT2D eigenvalue weighted by Gasteiger charge is 2.43. The number of aliphatic hydroxyl groups excluding tert-OH is 9. The van der Waals surface area contributed by atoms with Crippen LogP contribution in [0.1, 0.15) is 79.1 Å². The van der Waals surface area contributed by atoms with Crippen molar-refractivity contribution in [3.05, 3.63) is 85.1 Å². The van der Waals surface area contributed by atoms with Gasteiger partial charge in [-0.05, 0) is 26.7 Å². The number of aliphatic carboxylic acids is 1. The van der Waals surface area contributed by atoms with Gasteiger partial charge in [0.1, 0.15) is 29.7 Å². The van der Waals surface area contributed by atoms with Crippen LogP contribution < -0.4 is 5.73 Å². The molecule has 1 saturated heterocycles. The zero-order valence-corrected chi connectivity index (χ0v) is 37.5. The van der Waals surface area contributed by atoms with Gasteiger partial charge in [-0.1, -0.05) is 98.9 Å². The van der Waals surface area contributed by atoms with Crippen LogP contribution in [0.3, 0.4) is 0 Å². The predicted molar refractivity (Wildman–Crippen MR) is 237 cm³/mol. The van der Waals surface area contributed by atoms with Crippen LogP contribution >= 0.6 is 0 Å². The molecule has 12 N–H and O–H groups in total. The number of rotatable bonds is 3. The second kappa shape index (κ2) is 29.6.